The van der Waals surface area contributed by atoms with E-state index in [1.165, 1.54) is 6.42 Å². The molecular weight excluding hydrogens is 276 g/mol. The number of hydrogen-bond acceptors (Lipinski definition) is 2. The molecule has 0 aromatic heterocycles. The van der Waals surface area contributed by atoms with E-state index in [-0.39, 0.29) is 17.7 Å². The highest BCUT2D eigenvalue weighted by Crippen LogP contribution is 2.25. The molecule has 4 nitrogen and oxygen atoms in total. The fourth-order valence-corrected chi connectivity index (χ4v) is 2.71. The van der Waals surface area contributed by atoms with Gasteiger partial charge in [0.2, 0.25) is 5.91 Å². The topological polar surface area (TPSA) is 58.2 Å². The fraction of sp³-hybridized carbons (Fsp3) is 0.556. The molecule has 0 unspecified atom stereocenters. The molecule has 1 aliphatic rings. The highest BCUT2D eigenvalue weighted by molar-refractivity contribution is 5.96. The summed E-state index contributed by atoms with van der Waals surface area (Å²) in [6.45, 7) is 4.79. The monoisotopic (exact) mass is 302 g/mol. The molecule has 1 fully saturated rings. The zero-order valence-electron chi connectivity index (χ0n) is 13.5. The molecule has 2 rings (SSSR count). The lowest BCUT2D eigenvalue weighted by Gasteiger charge is -2.20. The van der Waals surface area contributed by atoms with Gasteiger partial charge < -0.3 is 10.6 Å². The van der Waals surface area contributed by atoms with E-state index in [1.807, 2.05) is 0 Å². The molecule has 0 spiro atoms. The number of amides is 2. The number of hydrogen-bond donors (Lipinski definition) is 2. The number of rotatable bonds is 5. The maximum absolute atomic E-state index is 12.2. The summed E-state index contributed by atoms with van der Waals surface area (Å²) in [7, 11) is 0. The summed E-state index contributed by atoms with van der Waals surface area (Å²) < 4.78 is 0. The molecule has 1 aliphatic carbocycles. The van der Waals surface area contributed by atoms with E-state index < -0.39 is 0 Å². The normalized spacial score (nSPS) is 15.6. The van der Waals surface area contributed by atoms with E-state index in [4.69, 9.17) is 0 Å². The summed E-state index contributed by atoms with van der Waals surface area (Å²) in [5.74, 6) is 0.608. The van der Waals surface area contributed by atoms with Crippen molar-refractivity contribution in [3.05, 3.63) is 29.8 Å². The molecule has 1 saturated carbocycles. The van der Waals surface area contributed by atoms with Crippen LogP contribution in [0.2, 0.25) is 0 Å². The molecular formula is C18H26N2O2. The van der Waals surface area contributed by atoms with Crippen molar-refractivity contribution in [2.45, 2.75) is 46.0 Å². The molecule has 0 atom stereocenters. The van der Waals surface area contributed by atoms with E-state index >= 15 is 0 Å². The molecule has 120 valence electrons. The van der Waals surface area contributed by atoms with Gasteiger partial charge in [0.25, 0.3) is 5.91 Å². The Morgan fingerprint density at radius 2 is 1.73 bits per heavy atom. The van der Waals surface area contributed by atoms with Gasteiger partial charge in [-0.1, -0.05) is 33.1 Å². The molecule has 22 heavy (non-hydrogen) atoms. The van der Waals surface area contributed by atoms with Gasteiger partial charge in [-0.25, -0.2) is 0 Å². The van der Waals surface area contributed by atoms with Crippen molar-refractivity contribution in [1.82, 2.24) is 5.32 Å². The Morgan fingerprint density at radius 1 is 1.09 bits per heavy atom. The van der Waals surface area contributed by atoms with Gasteiger partial charge in [-0.2, -0.15) is 0 Å². The minimum Gasteiger partial charge on any atom is -0.352 e. The molecule has 0 heterocycles. The smallest absolute Gasteiger partial charge is 0.251 e. The third-order valence-electron chi connectivity index (χ3n) is 4.06. The van der Waals surface area contributed by atoms with Crippen molar-refractivity contribution >= 4 is 17.5 Å². The summed E-state index contributed by atoms with van der Waals surface area (Å²) in [4.78, 5) is 24.1. The van der Waals surface area contributed by atoms with Crippen LogP contribution in [0.1, 0.15) is 56.3 Å². The number of carbonyl (C=O) groups excluding carboxylic acids is 2. The first-order valence-corrected chi connectivity index (χ1v) is 8.25. The Balaban J connectivity index is 1.88. The Hall–Kier alpha value is -1.84. The molecule has 0 radical (unpaired) electrons. The fourth-order valence-electron chi connectivity index (χ4n) is 2.71. The van der Waals surface area contributed by atoms with Crippen LogP contribution >= 0.6 is 0 Å². The SMILES string of the molecule is CC(C)CNC(=O)c1ccc(NC(=O)C2CCCCC2)cc1. The quantitative estimate of drug-likeness (QED) is 0.873. The first kappa shape index (κ1) is 16.5. The van der Waals surface area contributed by atoms with Crippen LogP contribution in [0.5, 0.6) is 0 Å². The second-order valence-electron chi connectivity index (χ2n) is 6.51. The predicted molar refractivity (Wildman–Crippen MR) is 88.8 cm³/mol. The van der Waals surface area contributed by atoms with E-state index in [1.54, 1.807) is 24.3 Å². The third kappa shape index (κ3) is 4.86. The van der Waals surface area contributed by atoms with Crippen LogP contribution in [0.3, 0.4) is 0 Å². The highest BCUT2D eigenvalue weighted by atomic mass is 16.2. The first-order valence-electron chi connectivity index (χ1n) is 8.25. The van der Waals surface area contributed by atoms with Gasteiger partial charge in [-0.05, 0) is 43.0 Å². The zero-order chi connectivity index (χ0) is 15.9. The lowest BCUT2D eigenvalue weighted by molar-refractivity contribution is -0.120. The van der Waals surface area contributed by atoms with Gasteiger partial charge >= 0.3 is 0 Å². The zero-order valence-corrected chi connectivity index (χ0v) is 13.5. The maximum Gasteiger partial charge on any atom is 0.251 e. The average molecular weight is 302 g/mol. The van der Waals surface area contributed by atoms with E-state index in [0.717, 1.165) is 31.4 Å². The van der Waals surface area contributed by atoms with Crippen LogP contribution in [0, 0.1) is 11.8 Å². The van der Waals surface area contributed by atoms with Gasteiger partial charge in [-0.15, -0.1) is 0 Å². The standard InChI is InChI=1S/C18H26N2O2/c1-13(2)12-19-17(21)15-8-10-16(11-9-15)20-18(22)14-6-4-3-5-7-14/h8-11,13-14H,3-7,12H2,1-2H3,(H,19,21)(H,20,22). The van der Waals surface area contributed by atoms with Crippen molar-refractivity contribution in [3.63, 3.8) is 0 Å². The molecule has 1 aromatic carbocycles. The lowest BCUT2D eigenvalue weighted by atomic mass is 9.88. The van der Waals surface area contributed by atoms with E-state index in [9.17, 15) is 9.59 Å². The summed E-state index contributed by atoms with van der Waals surface area (Å²) >= 11 is 0. The van der Waals surface area contributed by atoms with Crippen LogP contribution in [0.25, 0.3) is 0 Å². The minimum atomic E-state index is -0.0705. The molecule has 0 aliphatic heterocycles. The molecule has 2 amide bonds. The number of nitrogens with one attached hydrogen (secondary N) is 2. The largest absolute Gasteiger partial charge is 0.352 e. The van der Waals surface area contributed by atoms with Gasteiger partial charge in [0.15, 0.2) is 0 Å². The molecule has 1 aromatic rings. The second kappa shape index (κ2) is 7.97. The highest BCUT2D eigenvalue weighted by Gasteiger charge is 2.21. The van der Waals surface area contributed by atoms with Crippen molar-refractivity contribution < 1.29 is 9.59 Å². The lowest BCUT2D eigenvalue weighted by Crippen LogP contribution is -2.27. The molecule has 0 saturated heterocycles. The maximum atomic E-state index is 12.2. The first-order chi connectivity index (χ1) is 10.6. The van der Waals surface area contributed by atoms with Crippen molar-refractivity contribution in [2.24, 2.45) is 11.8 Å². The number of anilines is 1. The van der Waals surface area contributed by atoms with Crippen LogP contribution in [0.15, 0.2) is 24.3 Å². The van der Waals surface area contributed by atoms with E-state index in [0.29, 0.717) is 18.0 Å². The Morgan fingerprint density at radius 3 is 2.32 bits per heavy atom. The van der Waals surface area contributed by atoms with Crippen LogP contribution in [-0.4, -0.2) is 18.4 Å². The van der Waals surface area contributed by atoms with Crippen molar-refractivity contribution in [2.75, 3.05) is 11.9 Å². The molecule has 0 bridgehead atoms. The average Bonchev–Trinajstić information content (AvgIpc) is 2.54. The molecule has 4 heteroatoms. The Bertz CT molecular complexity index is 502. The Labute approximate surface area is 132 Å². The molecule has 2 N–H and O–H groups in total. The minimum absolute atomic E-state index is 0.0705. The number of carbonyl (C=O) groups is 2. The summed E-state index contributed by atoms with van der Waals surface area (Å²) in [6, 6.07) is 7.11. The van der Waals surface area contributed by atoms with Crippen LogP contribution < -0.4 is 10.6 Å². The van der Waals surface area contributed by atoms with Crippen LogP contribution in [-0.2, 0) is 4.79 Å². The summed E-state index contributed by atoms with van der Waals surface area (Å²) in [5, 5.41) is 5.84. The van der Waals surface area contributed by atoms with Gasteiger partial charge in [0, 0.05) is 23.7 Å². The van der Waals surface area contributed by atoms with Gasteiger partial charge in [-0.3, -0.25) is 9.59 Å². The predicted octanol–water partition coefficient (Wildman–Crippen LogP) is 3.59. The summed E-state index contributed by atoms with van der Waals surface area (Å²) in [6.07, 6.45) is 5.51. The third-order valence-corrected chi connectivity index (χ3v) is 4.06. The van der Waals surface area contributed by atoms with Crippen LogP contribution in [0.4, 0.5) is 5.69 Å². The van der Waals surface area contributed by atoms with E-state index in [2.05, 4.69) is 24.5 Å². The number of benzene rings is 1. The van der Waals surface area contributed by atoms with Crippen molar-refractivity contribution in [1.29, 1.82) is 0 Å². The van der Waals surface area contributed by atoms with Gasteiger partial charge in [0.05, 0.1) is 0 Å². The second-order valence-corrected chi connectivity index (χ2v) is 6.51. The summed E-state index contributed by atoms with van der Waals surface area (Å²) in [5.41, 5.74) is 1.38. The Kier molecular flexibility index (Phi) is 5.99. The van der Waals surface area contributed by atoms with Crippen molar-refractivity contribution in [3.8, 4) is 0 Å². The van der Waals surface area contributed by atoms with Gasteiger partial charge in [0.1, 0.15) is 0 Å².